The molecule has 0 fully saturated rings. The number of imidazole rings is 1. The predicted octanol–water partition coefficient (Wildman–Crippen LogP) is 2.30. The van der Waals surface area contributed by atoms with Gasteiger partial charge in [-0.25, -0.2) is 4.98 Å². The van der Waals surface area contributed by atoms with Gasteiger partial charge in [-0.2, -0.15) is 0 Å². The number of hydrogen-bond donors (Lipinski definition) is 1. The van der Waals surface area contributed by atoms with E-state index < -0.39 is 0 Å². The van der Waals surface area contributed by atoms with Crippen molar-refractivity contribution in [1.29, 1.82) is 0 Å². The van der Waals surface area contributed by atoms with E-state index in [0.29, 0.717) is 6.04 Å². The maximum atomic E-state index is 4.14. The summed E-state index contributed by atoms with van der Waals surface area (Å²) in [4.78, 5) is 4.14. The molecule has 0 unspecified atom stereocenters. The van der Waals surface area contributed by atoms with Crippen molar-refractivity contribution in [1.82, 2.24) is 14.9 Å². The second-order valence-corrected chi connectivity index (χ2v) is 4.13. The number of nitrogens with one attached hydrogen (secondary N) is 1. The number of aryl methyl sites for hydroxylation is 1. The topological polar surface area (TPSA) is 29.9 Å². The van der Waals surface area contributed by atoms with Gasteiger partial charge in [-0.1, -0.05) is 19.4 Å². The second-order valence-electron chi connectivity index (χ2n) is 4.13. The summed E-state index contributed by atoms with van der Waals surface area (Å²) in [5.41, 5.74) is 2.51. The maximum Gasteiger partial charge on any atom is 0.0950 e. The van der Waals surface area contributed by atoms with Gasteiger partial charge < -0.3 is 9.88 Å². The van der Waals surface area contributed by atoms with E-state index in [1.807, 2.05) is 12.5 Å². The van der Waals surface area contributed by atoms with Crippen molar-refractivity contribution in [3.05, 3.63) is 23.8 Å². The molecule has 1 N–H and O–H groups in total. The molecule has 0 aliphatic carbocycles. The molecule has 1 aromatic rings. The van der Waals surface area contributed by atoms with Crippen molar-refractivity contribution in [2.24, 2.45) is 0 Å². The van der Waals surface area contributed by atoms with Crippen LogP contribution in [0.5, 0.6) is 0 Å². The van der Waals surface area contributed by atoms with Crippen LogP contribution in [0.25, 0.3) is 6.08 Å². The second kappa shape index (κ2) is 5.71. The van der Waals surface area contributed by atoms with Crippen LogP contribution in [0, 0.1) is 0 Å². The highest BCUT2D eigenvalue weighted by atomic mass is 15.0. The molecule has 3 heteroatoms. The van der Waals surface area contributed by atoms with E-state index in [1.54, 1.807) is 0 Å². The van der Waals surface area contributed by atoms with Crippen LogP contribution in [-0.2, 0) is 6.54 Å². The van der Waals surface area contributed by atoms with E-state index in [0.717, 1.165) is 13.1 Å². The Kier molecular flexibility index (Phi) is 4.56. The van der Waals surface area contributed by atoms with Gasteiger partial charge in [0, 0.05) is 19.1 Å². The first-order valence-electron chi connectivity index (χ1n) is 5.54. The molecule has 0 saturated carbocycles. The van der Waals surface area contributed by atoms with E-state index in [1.165, 1.54) is 11.3 Å². The van der Waals surface area contributed by atoms with Gasteiger partial charge in [0.05, 0.1) is 18.2 Å². The van der Waals surface area contributed by atoms with Crippen LogP contribution in [0.2, 0.25) is 0 Å². The molecule has 1 aromatic heterocycles. The fourth-order valence-corrected chi connectivity index (χ4v) is 1.38. The van der Waals surface area contributed by atoms with Crippen molar-refractivity contribution in [2.75, 3.05) is 6.54 Å². The monoisotopic (exact) mass is 207 g/mol. The zero-order valence-corrected chi connectivity index (χ0v) is 10.1. The van der Waals surface area contributed by atoms with Crippen LogP contribution in [0.3, 0.4) is 0 Å². The fourth-order valence-electron chi connectivity index (χ4n) is 1.38. The lowest BCUT2D eigenvalue weighted by Crippen LogP contribution is -2.24. The molecule has 0 aliphatic heterocycles. The minimum Gasteiger partial charge on any atom is -0.331 e. The Hall–Kier alpha value is -1.09. The molecular weight excluding hydrogens is 186 g/mol. The molecule has 0 radical (unpaired) electrons. The summed E-state index contributed by atoms with van der Waals surface area (Å²) in [6, 6.07) is 0.532. The Morgan fingerprint density at radius 3 is 2.93 bits per heavy atom. The van der Waals surface area contributed by atoms with Crippen molar-refractivity contribution in [3.8, 4) is 0 Å². The summed E-state index contributed by atoms with van der Waals surface area (Å²) in [5, 5.41) is 3.40. The van der Waals surface area contributed by atoms with E-state index >= 15 is 0 Å². The van der Waals surface area contributed by atoms with E-state index in [2.05, 4.69) is 48.6 Å². The van der Waals surface area contributed by atoms with Crippen LogP contribution in [-0.4, -0.2) is 22.1 Å². The normalized spacial score (nSPS) is 12.5. The molecule has 1 rings (SSSR count). The molecule has 0 atom stereocenters. The molecule has 0 aromatic carbocycles. The van der Waals surface area contributed by atoms with E-state index in [9.17, 15) is 0 Å². The third-order valence-corrected chi connectivity index (χ3v) is 2.27. The summed E-state index contributed by atoms with van der Waals surface area (Å²) in [7, 11) is 0. The molecule has 84 valence electrons. The Balaban J connectivity index is 2.61. The third kappa shape index (κ3) is 3.88. The van der Waals surface area contributed by atoms with E-state index in [-0.39, 0.29) is 0 Å². The molecule has 0 bridgehead atoms. The lowest BCUT2D eigenvalue weighted by atomic mass is 10.2. The van der Waals surface area contributed by atoms with Crippen molar-refractivity contribution in [3.63, 3.8) is 0 Å². The van der Waals surface area contributed by atoms with Crippen molar-refractivity contribution < 1.29 is 0 Å². The minimum atomic E-state index is 0.532. The van der Waals surface area contributed by atoms with Crippen molar-refractivity contribution in [2.45, 2.75) is 40.3 Å². The molecular formula is C12H21N3. The minimum absolute atomic E-state index is 0.532. The number of nitrogens with zero attached hydrogens (tertiary/aromatic N) is 2. The number of rotatable bonds is 5. The average molecular weight is 207 g/mol. The standard InChI is InChI=1S/C12H21N3/c1-5-15-9-13-8-12(15)6-11(4)7-14-10(2)3/h6,8-10,14H,5,7H2,1-4H3. The zero-order chi connectivity index (χ0) is 11.3. The highest BCUT2D eigenvalue weighted by Gasteiger charge is 1.98. The van der Waals surface area contributed by atoms with Gasteiger partial charge in [0.2, 0.25) is 0 Å². The van der Waals surface area contributed by atoms with Gasteiger partial charge in [0.1, 0.15) is 0 Å². The van der Waals surface area contributed by atoms with Crippen LogP contribution in [0.15, 0.2) is 18.1 Å². The van der Waals surface area contributed by atoms with Crippen LogP contribution >= 0.6 is 0 Å². The van der Waals surface area contributed by atoms with Gasteiger partial charge in [0.25, 0.3) is 0 Å². The summed E-state index contributed by atoms with van der Waals surface area (Å²) in [6.45, 7) is 10.5. The summed E-state index contributed by atoms with van der Waals surface area (Å²) >= 11 is 0. The highest BCUT2D eigenvalue weighted by molar-refractivity contribution is 5.48. The Labute approximate surface area is 92.2 Å². The molecule has 0 aliphatic rings. The first kappa shape index (κ1) is 12.0. The lowest BCUT2D eigenvalue weighted by molar-refractivity contribution is 0.622. The van der Waals surface area contributed by atoms with Crippen LogP contribution < -0.4 is 5.32 Å². The first-order chi connectivity index (χ1) is 7.13. The lowest BCUT2D eigenvalue weighted by Gasteiger charge is -2.08. The van der Waals surface area contributed by atoms with Gasteiger partial charge >= 0.3 is 0 Å². The van der Waals surface area contributed by atoms with Gasteiger partial charge in [-0.05, 0) is 19.9 Å². The largest absolute Gasteiger partial charge is 0.331 e. The molecule has 1 heterocycles. The summed E-state index contributed by atoms with van der Waals surface area (Å²) in [6.07, 6.45) is 5.96. The molecule has 0 saturated heterocycles. The van der Waals surface area contributed by atoms with Crippen LogP contribution in [0.4, 0.5) is 0 Å². The molecule has 0 spiro atoms. The Morgan fingerprint density at radius 2 is 2.33 bits per heavy atom. The molecule has 15 heavy (non-hydrogen) atoms. The maximum absolute atomic E-state index is 4.14. The highest BCUT2D eigenvalue weighted by Crippen LogP contribution is 2.05. The van der Waals surface area contributed by atoms with Gasteiger partial charge in [-0.15, -0.1) is 0 Å². The van der Waals surface area contributed by atoms with Gasteiger partial charge in [-0.3, -0.25) is 0 Å². The average Bonchev–Trinajstić information content (AvgIpc) is 2.62. The smallest absolute Gasteiger partial charge is 0.0950 e. The fraction of sp³-hybridized carbons (Fsp3) is 0.583. The SMILES string of the molecule is CCn1cncc1C=C(C)CNC(C)C. The van der Waals surface area contributed by atoms with Crippen molar-refractivity contribution >= 4 is 6.08 Å². The molecule has 3 nitrogen and oxygen atoms in total. The number of aromatic nitrogens is 2. The number of hydrogen-bond acceptors (Lipinski definition) is 2. The zero-order valence-electron chi connectivity index (χ0n) is 10.1. The molecule has 0 amide bonds. The summed E-state index contributed by atoms with van der Waals surface area (Å²) < 4.78 is 2.14. The quantitative estimate of drug-likeness (QED) is 0.803. The summed E-state index contributed by atoms with van der Waals surface area (Å²) in [5.74, 6) is 0. The third-order valence-electron chi connectivity index (χ3n) is 2.27. The predicted molar refractivity (Wildman–Crippen MR) is 64.7 cm³/mol. The first-order valence-corrected chi connectivity index (χ1v) is 5.54. The van der Waals surface area contributed by atoms with Gasteiger partial charge in [0.15, 0.2) is 0 Å². The van der Waals surface area contributed by atoms with E-state index in [4.69, 9.17) is 0 Å². The Morgan fingerprint density at radius 1 is 1.60 bits per heavy atom. The van der Waals surface area contributed by atoms with Crippen LogP contribution in [0.1, 0.15) is 33.4 Å². The Bertz CT molecular complexity index is 323.